The Balaban J connectivity index is 1.46. The highest BCUT2D eigenvalue weighted by molar-refractivity contribution is 6.12. The van der Waals surface area contributed by atoms with E-state index in [1.165, 1.54) is 6.07 Å². The Morgan fingerprint density at radius 2 is 2.00 bits per heavy atom. The number of aliphatic imine (C=N–C) groups is 1. The molecule has 6 heteroatoms. The van der Waals surface area contributed by atoms with Crippen molar-refractivity contribution >= 4 is 29.2 Å². The van der Waals surface area contributed by atoms with E-state index in [0.29, 0.717) is 17.9 Å². The molecule has 0 bridgehead atoms. The second-order valence-electron chi connectivity index (χ2n) is 6.17. The number of benzene rings is 2. The highest BCUT2D eigenvalue weighted by atomic mass is 19.1. The summed E-state index contributed by atoms with van der Waals surface area (Å²) in [6.07, 6.45) is 3.25. The van der Waals surface area contributed by atoms with Crippen molar-refractivity contribution in [3.05, 3.63) is 83.9 Å². The van der Waals surface area contributed by atoms with Crippen LogP contribution in [0.1, 0.15) is 17.2 Å². The molecule has 0 aliphatic carbocycles. The van der Waals surface area contributed by atoms with E-state index in [1.807, 2.05) is 42.5 Å². The number of hydrogen-bond donors (Lipinski definition) is 2. The first-order valence-corrected chi connectivity index (χ1v) is 8.58. The lowest BCUT2D eigenvalue weighted by Gasteiger charge is -2.08. The molecule has 2 N–H and O–H groups in total. The summed E-state index contributed by atoms with van der Waals surface area (Å²) in [7, 11) is 0. The van der Waals surface area contributed by atoms with E-state index in [4.69, 9.17) is 0 Å². The van der Waals surface area contributed by atoms with Crippen molar-refractivity contribution < 1.29 is 9.18 Å². The topological polar surface area (TPSA) is 66.4 Å². The van der Waals surface area contributed by atoms with Gasteiger partial charge in [-0.25, -0.2) is 4.39 Å². The van der Waals surface area contributed by atoms with E-state index in [0.717, 1.165) is 16.9 Å². The van der Waals surface area contributed by atoms with Gasteiger partial charge in [-0.3, -0.25) is 14.8 Å². The highest BCUT2D eigenvalue weighted by Gasteiger charge is 2.28. The SMILES string of the molecule is O=C1Nc2ccccc2C1C=Nc1ccc(NCc2ccccn2)c(F)c1. The Kier molecular flexibility index (Phi) is 4.61. The zero-order valence-corrected chi connectivity index (χ0v) is 14.4. The van der Waals surface area contributed by atoms with E-state index in [-0.39, 0.29) is 5.91 Å². The number of nitrogens with zero attached hydrogens (tertiary/aromatic N) is 2. The van der Waals surface area contributed by atoms with Gasteiger partial charge in [0.2, 0.25) is 5.91 Å². The molecule has 2 heterocycles. The second-order valence-corrected chi connectivity index (χ2v) is 6.17. The van der Waals surface area contributed by atoms with E-state index in [1.54, 1.807) is 24.5 Å². The van der Waals surface area contributed by atoms with Gasteiger partial charge in [-0.1, -0.05) is 24.3 Å². The highest BCUT2D eigenvalue weighted by Crippen LogP contribution is 2.31. The first-order valence-electron chi connectivity index (χ1n) is 8.58. The van der Waals surface area contributed by atoms with Crippen molar-refractivity contribution in [3.63, 3.8) is 0 Å². The molecular formula is C21H17FN4O. The van der Waals surface area contributed by atoms with Crippen LogP contribution >= 0.6 is 0 Å². The van der Waals surface area contributed by atoms with Gasteiger partial charge in [0.05, 0.1) is 23.6 Å². The molecule has 0 fully saturated rings. The zero-order chi connectivity index (χ0) is 18.6. The fraction of sp³-hybridized carbons (Fsp3) is 0.0952. The van der Waals surface area contributed by atoms with Crippen LogP contribution in [0.15, 0.2) is 71.9 Å². The van der Waals surface area contributed by atoms with Crippen LogP contribution in [0.2, 0.25) is 0 Å². The lowest BCUT2D eigenvalue weighted by atomic mass is 10.0. The minimum atomic E-state index is -0.466. The number of carbonyl (C=O) groups excluding carboxylic acids is 1. The number of halogens is 1. The lowest BCUT2D eigenvalue weighted by molar-refractivity contribution is -0.115. The van der Waals surface area contributed by atoms with Crippen LogP contribution in [0.25, 0.3) is 0 Å². The van der Waals surface area contributed by atoms with Gasteiger partial charge in [-0.2, -0.15) is 0 Å². The molecular weight excluding hydrogens is 343 g/mol. The first kappa shape index (κ1) is 16.9. The third kappa shape index (κ3) is 3.69. The molecule has 1 aliphatic rings. The van der Waals surface area contributed by atoms with Gasteiger partial charge >= 0.3 is 0 Å². The van der Waals surface area contributed by atoms with Crippen molar-refractivity contribution in [3.8, 4) is 0 Å². The zero-order valence-electron chi connectivity index (χ0n) is 14.4. The number of nitrogens with one attached hydrogen (secondary N) is 2. The molecule has 2 aromatic carbocycles. The summed E-state index contributed by atoms with van der Waals surface area (Å²) in [5, 5.41) is 5.84. The number of carbonyl (C=O) groups is 1. The number of fused-ring (bicyclic) bond motifs is 1. The predicted octanol–water partition coefficient (Wildman–Crippen LogP) is 4.27. The van der Waals surface area contributed by atoms with Crippen molar-refractivity contribution in [1.82, 2.24) is 4.98 Å². The number of anilines is 2. The maximum Gasteiger partial charge on any atom is 0.237 e. The molecule has 5 nitrogen and oxygen atoms in total. The average Bonchev–Trinajstić information content (AvgIpc) is 3.01. The first-order chi connectivity index (χ1) is 13.2. The van der Waals surface area contributed by atoms with Crippen LogP contribution in [0.3, 0.4) is 0 Å². The molecule has 0 saturated carbocycles. The molecule has 0 saturated heterocycles. The number of para-hydroxylation sites is 1. The minimum absolute atomic E-state index is 0.130. The summed E-state index contributed by atoms with van der Waals surface area (Å²) < 4.78 is 14.3. The van der Waals surface area contributed by atoms with Gasteiger partial charge in [-0.05, 0) is 35.9 Å². The Morgan fingerprint density at radius 1 is 1.15 bits per heavy atom. The Morgan fingerprint density at radius 3 is 2.81 bits per heavy atom. The lowest BCUT2D eigenvalue weighted by Crippen LogP contribution is -2.12. The Hall–Kier alpha value is -3.54. The van der Waals surface area contributed by atoms with Crippen LogP contribution in [-0.2, 0) is 11.3 Å². The predicted molar refractivity (Wildman–Crippen MR) is 104 cm³/mol. The standard InChI is InChI=1S/C21H17FN4O/c22-18-11-14(8-9-20(18)25-12-15-5-3-4-10-23-15)24-13-17-16-6-1-2-7-19(16)26-21(17)27/h1-11,13,17,25H,12H2,(H,26,27). The van der Waals surface area contributed by atoms with Gasteiger partial charge in [0.25, 0.3) is 0 Å². The fourth-order valence-electron chi connectivity index (χ4n) is 2.96. The monoisotopic (exact) mass is 360 g/mol. The summed E-state index contributed by atoms with van der Waals surface area (Å²) >= 11 is 0. The maximum absolute atomic E-state index is 14.3. The molecule has 27 heavy (non-hydrogen) atoms. The van der Waals surface area contributed by atoms with Gasteiger partial charge in [0.15, 0.2) is 0 Å². The van der Waals surface area contributed by atoms with Crippen LogP contribution in [0, 0.1) is 5.82 Å². The quantitative estimate of drug-likeness (QED) is 0.668. The largest absolute Gasteiger partial charge is 0.377 e. The van der Waals surface area contributed by atoms with Crippen molar-refractivity contribution in [2.24, 2.45) is 4.99 Å². The van der Waals surface area contributed by atoms with Crippen molar-refractivity contribution in [2.45, 2.75) is 12.5 Å². The van der Waals surface area contributed by atoms with E-state index >= 15 is 0 Å². The second kappa shape index (κ2) is 7.37. The number of hydrogen-bond acceptors (Lipinski definition) is 4. The van der Waals surface area contributed by atoms with Crippen molar-refractivity contribution in [2.75, 3.05) is 10.6 Å². The smallest absolute Gasteiger partial charge is 0.237 e. The van der Waals surface area contributed by atoms with Gasteiger partial charge in [0, 0.05) is 24.2 Å². The molecule has 1 atom stereocenters. The summed E-state index contributed by atoms with van der Waals surface area (Å²) in [5.74, 6) is -1.00. The number of rotatable bonds is 5. The normalized spacial score (nSPS) is 15.6. The molecule has 1 unspecified atom stereocenters. The summed E-state index contributed by atoms with van der Waals surface area (Å²) in [4.78, 5) is 20.6. The van der Waals surface area contributed by atoms with Crippen LogP contribution in [0.4, 0.5) is 21.5 Å². The molecule has 134 valence electrons. The molecule has 0 spiro atoms. The number of amides is 1. The van der Waals surface area contributed by atoms with Gasteiger partial charge < -0.3 is 10.6 Å². The maximum atomic E-state index is 14.3. The van der Waals surface area contributed by atoms with Gasteiger partial charge in [0.1, 0.15) is 11.7 Å². The summed E-state index contributed by atoms with van der Waals surface area (Å²) in [5.41, 5.74) is 3.32. The molecule has 3 aromatic rings. The van der Waals surface area contributed by atoms with E-state index in [2.05, 4.69) is 20.6 Å². The van der Waals surface area contributed by atoms with Crippen molar-refractivity contribution in [1.29, 1.82) is 0 Å². The number of pyridine rings is 1. The number of aromatic nitrogens is 1. The molecule has 4 rings (SSSR count). The molecule has 0 radical (unpaired) electrons. The van der Waals surface area contributed by atoms with Crippen LogP contribution < -0.4 is 10.6 Å². The van der Waals surface area contributed by atoms with E-state index in [9.17, 15) is 9.18 Å². The van der Waals surface area contributed by atoms with Gasteiger partial charge in [-0.15, -0.1) is 0 Å². The minimum Gasteiger partial charge on any atom is -0.377 e. The summed E-state index contributed by atoms with van der Waals surface area (Å²) in [6.45, 7) is 0.430. The third-order valence-corrected chi connectivity index (χ3v) is 4.35. The Labute approximate surface area is 156 Å². The fourth-order valence-corrected chi connectivity index (χ4v) is 2.96. The molecule has 1 aliphatic heterocycles. The van der Waals surface area contributed by atoms with E-state index < -0.39 is 11.7 Å². The molecule has 1 aromatic heterocycles. The average molecular weight is 360 g/mol. The van der Waals surface area contributed by atoms with Crippen LogP contribution in [0.5, 0.6) is 0 Å². The summed E-state index contributed by atoms with van der Waals surface area (Å²) in [6, 6.07) is 17.7. The third-order valence-electron chi connectivity index (χ3n) is 4.35. The Bertz CT molecular complexity index is 1000. The van der Waals surface area contributed by atoms with Crippen LogP contribution in [-0.4, -0.2) is 17.1 Å². The molecule has 1 amide bonds.